The Hall–Kier alpha value is -3.65. The number of para-hydroxylation sites is 1. The Morgan fingerprint density at radius 3 is 2.58 bits per heavy atom. The summed E-state index contributed by atoms with van der Waals surface area (Å²) in [5, 5.41) is 0.913. The number of Topliss-reactive ketones (excluding diaryl/α,β-unsaturated/α-hetero) is 1. The number of benzene rings is 3. The Morgan fingerprint density at radius 1 is 1.00 bits per heavy atom. The number of ether oxygens (including phenoxy) is 2. The van der Waals surface area contributed by atoms with E-state index in [0.29, 0.717) is 46.3 Å². The largest absolute Gasteiger partial charge is 0.486 e. The van der Waals surface area contributed by atoms with Crippen LogP contribution < -0.4 is 15.0 Å². The number of rotatable bonds is 6. The highest BCUT2D eigenvalue weighted by Crippen LogP contribution is 2.31. The van der Waals surface area contributed by atoms with Gasteiger partial charge in [0.25, 0.3) is 5.56 Å². The number of carbonyl (C=O) groups is 1. The summed E-state index contributed by atoms with van der Waals surface area (Å²) in [5.41, 5.74) is 1.61. The number of nitrogens with zero attached hydrogens (tertiary/aromatic N) is 2. The third-order valence-electron chi connectivity index (χ3n) is 5.28. The third kappa shape index (κ3) is 4.47. The molecular weight excluding hydrogens is 443 g/mol. The average Bonchev–Trinajstić information content (AvgIpc) is 2.85. The van der Waals surface area contributed by atoms with Crippen molar-refractivity contribution in [1.82, 2.24) is 9.55 Å². The Bertz CT molecular complexity index is 1400. The maximum Gasteiger partial charge on any atom is 0.262 e. The lowest BCUT2D eigenvalue weighted by Crippen LogP contribution is -2.24. The Balaban J connectivity index is 1.44. The van der Waals surface area contributed by atoms with Crippen molar-refractivity contribution in [3.05, 3.63) is 94.0 Å². The molecule has 4 aromatic rings. The quantitative estimate of drug-likeness (QED) is 0.241. The van der Waals surface area contributed by atoms with Crippen LogP contribution in [-0.2, 0) is 6.54 Å². The second-order valence-electron chi connectivity index (χ2n) is 7.50. The van der Waals surface area contributed by atoms with E-state index in [0.717, 1.165) is 5.56 Å². The fourth-order valence-electron chi connectivity index (χ4n) is 3.60. The zero-order valence-electron chi connectivity index (χ0n) is 17.5. The number of carbonyl (C=O) groups excluding carboxylic acids is 1. The van der Waals surface area contributed by atoms with Crippen LogP contribution in [0.4, 0.5) is 4.39 Å². The van der Waals surface area contributed by atoms with E-state index in [1.165, 1.54) is 28.5 Å². The number of thioether (sulfide) groups is 1. The molecule has 0 N–H and O–H groups in total. The highest BCUT2D eigenvalue weighted by atomic mass is 32.2. The van der Waals surface area contributed by atoms with Crippen molar-refractivity contribution in [3.63, 3.8) is 0 Å². The second kappa shape index (κ2) is 9.07. The number of halogens is 1. The molecule has 0 aliphatic carbocycles. The van der Waals surface area contributed by atoms with Crippen LogP contribution in [0.1, 0.15) is 15.9 Å². The van der Waals surface area contributed by atoms with E-state index in [1.54, 1.807) is 48.5 Å². The number of ketones is 1. The van der Waals surface area contributed by atoms with E-state index >= 15 is 0 Å². The normalized spacial score (nSPS) is 12.6. The number of aromatic nitrogens is 2. The first-order valence-electron chi connectivity index (χ1n) is 10.4. The molecule has 0 saturated heterocycles. The van der Waals surface area contributed by atoms with Crippen LogP contribution in [0.15, 0.2) is 76.7 Å². The van der Waals surface area contributed by atoms with Crippen molar-refractivity contribution in [2.24, 2.45) is 0 Å². The summed E-state index contributed by atoms with van der Waals surface area (Å²) >= 11 is 1.19. The van der Waals surface area contributed by atoms with Crippen molar-refractivity contribution in [2.75, 3.05) is 19.0 Å². The predicted molar refractivity (Wildman–Crippen MR) is 124 cm³/mol. The lowest BCUT2D eigenvalue weighted by atomic mass is 10.1. The maximum atomic E-state index is 13.3. The van der Waals surface area contributed by atoms with Gasteiger partial charge in [-0.2, -0.15) is 0 Å². The average molecular weight is 463 g/mol. The predicted octanol–water partition coefficient (Wildman–Crippen LogP) is 4.33. The summed E-state index contributed by atoms with van der Waals surface area (Å²) < 4.78 is 25.9. The molecule has 0 bridgehead atoms. The van der Waals surface area contributed by atoms with Gasteiger partial charge in [-0.15, -0.1) is 0 Å². The van der Waals surface area contributed by atoms with Gasteiger partial charge < -0.3 is 9.47 Å². The molecule has 5 rings (SSSR count). The summed E-state index contributed by atoms with van der Waals surface area (Å²) in [5.74, 6) is 0.799. The van der Waals surface area contributed by atoms with Gasteiger partial charge in [0.1, 0.15) is 19.0 Å². The van der Waals surface area contributed by atoms with Crippen molar-refractivity contribution in [2.45, 2.75) is 11.7 Å². The number of hydrogen-bond acceptors (Lipinski definition) is 6. The van der Waals surface area contributed by atoms with Crippen molar-refractivity contribution >= 4 is 28.4 Å². The fraction of sp³-hybridized carbons (Fsp3) is 0.160. The molecule has 3 aromatic carbocycles. The van der Waals surface area contributed by atoms with Crippen LogP contribution in [0.3, 0.4) is 0 Å². The molecule has 0 saturated carbocycles. The molecule has 8 heteroatoms. The molecule has 166 valence electrons. The van der Waals surface area contributed by atoms with E-state index in [2.05, 4.69) is 4.98 Å². The first-order valence-corrected chi connectivity index (χ1v) is 11.4. The Morgan fingerprint density at radius 2 is 1.76 bits per heavy atom. The summed E-state index contributed by atoms with van der Waals surface area (Å²) in [4.78, 5) is 30.7. The van der Waals surface area contributed by atoms with Gasteiger partial charge in [-0.05, 0) is 48.0 Å². The van der Waals surface area contributed by atoms with Gasteiger partial charge in [-0.25, -0.2) is 9.37 Å². The third-order valence-corrected chi connectivity index (χ3v) is 6.25. The van der Waals surface area contributed by atoms with Crippen LogP contribution >= 0.6 is 11.8 Å². The highest BCUT2D eigenvalue weighted by Gasteiger charge is 2.17. The molecule has 0 unspecified atom stereocenters. The minimum Gasteiger partial charge on any atom is -0.486 e. The molecule has 1 aliphatic rings. The van der Waals surface area contributed by atoms with Crippen LogP contribution in [-0.4, -0.2) is 34.3 Å². The molecular formula is C25H19FN2O4S. The van der Waals surface area contributed by atoms with Gasteiger partial charge >= 0.3 is 0 Å². The minimum atomic E-state index is -0.345. The SMILES string of the molecule is O=C(CSc1nc2ccccc2c(=O)n1Cc1ccc(F)cc1)c1ccc2c(c1)OCCO2. The molecule has 33 heavy (non-hydrogen) atoms. The summed E-state index contributed by atoms with van der Waals surface area (Å²) in [6.07, 6.45) is 0. The number of fused-ring (bicyclic) bond motifs is 2. The van der Waals surface area contributed by atoms with Gasteiger partial charge in [-0.1, -0.05) is 36.0 Å². The molecule has 0 spiro atoms. The smallest absolute Gasteiger partial charge is 0.262 e. The van der Waals surface area contributed by atoms with Gasteiger partial charge in [-0.3, -0.25) is 14.2 Å². The lowest BCUT2D eigenvalue weighted by molar-refractivity contribution is 0.102. The van der Waals surface area contributed by atoms with Crippen molar-refractivity contribution in [1.29, 1.82) is 0 Å². The molecule has 1 aromatic heterocycles. The minimum absolute atomic E-state index is 0.0911. The monoisotopic (exact) mass is 462 g/mol. The zero-order valence-corrected chi connectivity index (χ0v) is 18.3. The fourth-order valence-corrected chi connectivity index (χ4v) is 4.49. The second-order valence-corrected chi connectivity index (χ2v) is 8.44. The van der Waals surface area contributed by atoms with Crippen LogP contribution in [0.5, 0.6) is 11.5 Å². The molecule has 1 aliphatic heterocycles. The van der Waals surface area contributed by atoms with Crippen LogP contribution in [0.25, 0.3) is 10.9 Å². The standard InChI is InChI=1S/C25H19FN2O4S/c26-18-8-5-16(6-9-18)14-28-24(30)19-3-1-2-4-20(19)27-25(28)33-15-21(29)17-7-10-22-23(13-17)32-12-11-31-22/h1-10,13H,11-12,14-15H2. The molecule has 6 nitrogen and oxygen atoms in total. The molecule has 0 amide bonds. The first-order chi connectivity index (χ1) is 16.1. The zero-order chi connectivity index (χ0) is 22.8. The molecule has 2 heterocycles. The molecule has 0 fully saturated rings. The first kappa shape index (κ1) is 21.2. The van der Waals surface area contributed by atoms with Gasteiger partial charge in [0, 0.05) is 5.56 Å². The van der Waals surface area contributed by atoms with Crippen molar-refractivity contribution in [3.8, 4) is 11.5 Å². The topological polar surface area (TPSA) is 70.4 Å². The highest BCUT2D eigenvalue weighted by molar-refractivity contribution is 7.99. The van der Waals surface area contributed by atoms with E-state index in [4.69, 9.17) is 9.47 Å². The molecule has 0 radical (unpaired) electrons. The van der Waals surface area contributed by atoms with Crippen molar-refractivity contribution < 1.29 is 18.7 Å². The summed E-state index contributed by atoms with van der Waals surface area (Å²) in [6, 6.07) is 18.2. The van der Waals surface area contributed by atoms with Gasteiger partial charge in [0.2, 0.25) is 0 Å². The Kier molecular flexibility index (Phi) is 5.83. The van der Waals surface area contributed by atoms with Crippen LogP contribution in [0.2, 0.25) is 0 Å². The van der Waals surface area contributed by atoms with Gasteiger partial charge in [0.15, 0.2) is 22.4 Å². The van der Waals surface area contributed by atoms with E-state index < -0.39 is 0 Å². The van der Waals surface area contributed by atoms with E-state index in [9.17, 15) is 14.0 Å². The van der Waals surface area contributed by atoms with Crippen LogP contribution in [0, 0.1) is 5.82 Å². The van der Waals surface area contributed by atoms with Gasteiger partial charge in [0.05, 0.1) is 23.2 Å². The Labute approximate surface area is 193 Å². The summed E-state index contributed by atoms with van der Waals surface area (Å²) in [7, 11) is 0. The maximum absolute atomic E-state index is 13.3. The summed E-state index contributed by atoms with van der Waals surface area (Å²) in [6.45, 7) is 1.14. The molecule has 0 atom stereocenters. The number of hydrogen-bond donors (Lipinski definition) is 0. The van der Waals surface area contributed by atoms with E-state index in [-0.39, 0.29) is 29.5 Å². The lowest BCUT2D eigenvalue weighted by Gasteiger charge is -2.18. The van der Waals surface area contributed by atoms with E-state index in [1.807, 2.05) is 6.07 Å².